The molecule has 2 rings (SSSR count). The summed E-state index contributed by atoms with van der Waals surface area (Å²) in [6.45, 7) is 11.0. The lowest BCUT2D eigenvalue weighted by molar-refractivity contribution is 0.0696. The number of fused-ring (bicyclic) bond motifs is 1. The summed E-state index contributed by atoms with van der Waals surface area (Å²) in [4.78, 5) is 11.6. The molecule has 21 heavy (non-hydrogen) atoms. The monoisotopic (exact) mass is 304 g/mol. The minimum atomic E-state index is -3.46. The zero-order chi connectivity index (χ0) is 15.8. The van der Waals surface area contributed by atoms with E-state index in [1.807, 2.05) is 0 Å². The summed E-state index contributed by atoms with van der Waals surface area (Å²) in [6, 6.07) is 1.34. The maximum atomic E-state index is 12.4. The van der Waals surface area contributed by atoms with Crippen LogP contribution in [-0.4, -0.2) is 25.2 Å². The lowest BCUT2D eigenvalue weighted by Crippen LogP contribution is -2.23. The summed E-state index contributed by atoms with van der Waals surface area (Å²) in [6.07, 6.45) is 4.81. The summed E-state index contributed by atoms with van der Waals surface area (Å²) in [5.41, 5.74) is 1.17. The van der Waals surface area contributed by atoms with Gasteiger partial charge in [0.2, 0.25) is 0 Å². The third kappa shape index (κ3) is 2.34. The molecule has 1 aliphatic rings. The smallest absolute Gasteiger partial charge is 0.336 e. The van der Waals surface area contributed by atoms with Crippen LogP contribution in [0.5, 0.6) is 0 Å². The van der Waals surface area contributed by atoms with Crippen molar-refractivity contribution in [2.24, 2.45) is 0 Å². The predicted octanol–water partition coefficient (Wildman–Crippen LogP) is 3.12. The highest BCUT2D eigenvalue weighted by molar-refractivity contribution is 7.91. The SMILES string of the molecule is C=Cc1cc(C(=O)O)c(C=C)c2c1S(=O)(=O)CCC2C=C. The van der Waals surface area contributed by atoms with Gasteiger partial charge in [0.15, 0.2) is 9.84 Å². The number of sulfone groups is 1. The molecule has 110 valence electrons. The fourth-order valence-corrected chi connectivity index (χ4v) is 4.62. The largest absolute Gasteiger partial charge is 0.478 e. The van der Waals surface area contributed by atoms with Crippen molar-refractivity contribution in [2.45, 2.75) is 17.2 Å². The van der Waals surface area contributed by atoms with Crippen LogP contribution in [0, 0.1) is 0 Å². The molecule has 1 heterocycles. The maximum Gasteiger partial charge on any atom is 0.336 e. The molecule has 1 aromatic carbocycles. The van der Waals surface area contributed by atoms with E-state index in [-0.39, 0.29) is 22.1 Å². The molecule has 1 unspecified atom stereocenters. The molecule has 0 aromatic heterocycles. The number of allylic oxidation sites excluding steroid dienone is 1. The Morgan fingerprint density at radius 3 is 2.43 bits per heavy atom. The van der Waals surface area contributed by atoms with Crippen LogP contribution in [0.3, 0.4) is 0 Å². The summed E-state index contributed by atoms with van der Waals surface area (Å²) in [5.74, 6) is -1.32. The molecular weight excluding hydrogens is 288 g/mol. The van der Waals surface area contributed by atoms with Crippen LogP contribution in [0.15, 0.2) is 36.8 Å². The van der Waals surface area contributed by atoms with Crippen LogP contribution < -0.4 is 0 Å². The molecule has 1 N–H and O–H groups in total. The van der Waals surface area contributed by atoms with Gasteiger partial charge in [0, 0.05) is 5.92 Å². The second kappa shape index (κ2) is 5.33. The Balaban J connectivity index is 3.03. The Labute approximate surface area is 124 Å². The van der Waals surface area contributed by atoms with E-state index in [0.29, 0.717) is 23.1 Å². The van der Waals surface area contributed by atoms with Gasteiger partial charge in [-0.05, 0) is 29.2 Å². The van der Waals surface area contributed by atoms with Gasteiger partial charge in [-0.1, -0.05) is 31.4 Å². The van der Waals surface area contributed by atoms with Gasteiger partial charge in [-0.25, -0.2) is 13.2 Å². The average Bonchev–Trinajstić information content (AvgIpc) is 2.45. The Kier molecular flexibility index (Phi) is 3.87. The van der Waals surface area contributed by atoms with Gasteiger partial charge in [-0.2, -0.15) is 0 Å². The highest BCUT2D eigenvalue weighted by Crippen LogP contribution is 2.41. The van der Waals surface area contributed by atoms with Gasteiger partial charge >= 0.3 is 5.97 Å². The van der Waals surface area contributed by atoms with E-state index >= 15 is 0 Å². The molecule has 1 aliphatic heterocycles. The Morgan fingerprint density at radius 2 is 1.95 bits per heavy atom. The number of hydrogen-bond donors (Lipinski definition) is 1. The molecule has 4 nitrogen and oxygen atoms in total. The standard InChI is InChI=1S/C16H16O4S/c1-4-10-7-8-21(19,20)15-11(5-2)9-13(16(17)18)12(6-3)14(10)15/h4-6,9-10H,1-3,7-8H2,(H,17,18). The Hall–Kier alpha value is -2.14. The first-order chi connectivity index (χ1) is 9.87. The van der Waals surface area contributed by atoms with E-state index in [9.17, 15) is 18.3 Å². The van der Waals surface area contributed by atoms with E-state index in [1.165, 1.54) is 18.2 Å². The second-order valence-electron chi connectivity index (χ2n) is 4.83. The average molecular weight is 304 g/mol. The van der Waals surface area contributed by atoms with Crippen LogP contribution in [0.4, 0.5) is 0 Å². The molecule has 0 radical (unpaired) electrons. The number of benzene rings is 1. The Morgan fingerprint density at radius 1 is 1.29 bits per heavy atom. The zero-order valence-electron chi connectivity index (χ0n) is 11.5. The van der Waals surface area contributed by atoms with Crippen molar-refractivity contribution in [1.29, 1.82) is 0 Å². The van der Waals surface area contributed by atoms with E-state index in [2.05, 4.69) is 19.7 Å². The molecule has 0 saturated heterocycles. The van der Waals surface area contributed by atoms with Gasteiger partial charge < -0.3 is 5.11 Å². The second-order valence-corrected chi connectivity index (χ2v) is 6.88. The minimum absolute atomic E-state index is 0.0144. The van der Waals surface area contributed by atoms with Crippen LogP contribution in [0.2, 0.25) is 0 Å². The lowest BCUT2D eigenvalue weighted by Gasteiger charge is -2.27. The van der Waals surface area contributed by atoms with Crippen LogP contribution in [-0.2, 0) is 9.84 Å². The van der Waals surface area contributed by atoms with Crippen LogP contribution in [0.25, 0.3) is 12.2 Å². The first kappa shape index (κ1) is 15.3. The Bertz CT molecular complexity index is 757. The summed E-state index contributed by atoms with van der Waals surface area (Å²) >= 11 is 0. The molecule has 0 amide bonds. The molecule has 0 spiro atoms. The minimum Gasteiger partial charge on any atom is -0.478 e. The van der Waals surface area contributed by atoms with Gasteiger partial charge in [0.25, 0.3) is 0 Å². The topological polar surface area (TPSA) is 71.4 Å². The fourth-order valence-electron chi connectivity index (χ4n) is 2.75. The number of carboxylic acids is 1. The van der Waals surface area contributed by atoms with Crippen LogP contribution >= 0.6 is 0 Å². The van der Waals surface area contributed by atoms with Gasteiger partial charge in [0.05, 0.1) is 16.2 Å². The molecule has 1 aromatic rings. The molecule has 0 bridgehead atoms. The van der Waals surface area contributed by atoms with Crippen LogP contribution in [0.1, 0.15) is 39.4 Å². The zero-order valence-corrected chi connectivity index (χ0v) is 12.3. The van der Waals surface area contributed by atoms with E-state index in [4.69, 9.17) is 0 Å². The van der Waals surface area contributed by atoms with Crippen molar-refractivity contribution >= 4 is 28.0 Å². The van der Waals surface area contributed by atoms with Crippen molar-refractivity contribution in [3.63, 3.8) is 0 Å². The predicted molar refractivity (Wildman–Crippen MR) is 83.2 cm³/mol. The van der Waals surface area contributed by atoms with E-state index < -0.39 is 15.8 Å². The summed E-state index contributed by atoms with van der Waals surface area (Å²) in [7, 11) is -3.46. The fraction of sp³-hybridized carbons (Fsp3) is 0.188. The highest BCUT2D eigenvalue weighted by Gasteiger charge is 2.34. The summed E-state index contributed by atoms with van der Waals surface area (Å²) < 4.78 is 24.8. The lowest BCUT2D eigenvalue weighted by atomic mass is 9.87. The first-order valence-corrected chi connectivity index (χ1v) is 8.07. The molecule has 0 fully saturated rings. The van der Waals surface area contributed by atoms with E-state index in [1.54, 1.807) is 6.08 Å². The molecular formula is C16H16O4S. The van der Waals surface area contributed by atoms with Crippen molar-refractivity contribution in [3.8, 4) is 0 Å². The molecule has 5 heteroatoms. The van der Waals surface area contributed by atoms with Gasteiger partial charge in [-0.3, -0.25) is 0 Å². The van der Waals surface area contributed by atoms with Crippen molar-refractivity contribution < 1.29 is 18.3 Å². The molecule has 0 saturated carbocycles. The summed E-state index contributed by atoms with van der Waals surface area (Å²) in [5, 5.41) is 9.35. The first-order valence-electron chi connectivity index (χ1n) is 6.41. The van der Waals surface area contributed by atoms with Crippen molar-refractivity contribution in [3.05, 3.63) is 54.1 Å². The quantitative estimate of drug-likeness (QED) is 0.868. The number of carboxylic acid groups (broad SMARTS) is 1. The number of hydrogen-bond acceptors (Lipinski definition) is 3. The molecule has 1 atom stereocenters. The third-order valence-corrected chi connectivity index (χ3v) is 5.56. The number of rotatable bonds is 4. The van der Waals surface area contributed by atoms with Crippen molar-refractivity contribution in [1.82, 2.24) is 0 Å². The maximum absolute atomic E-state index is 12.4. The number of carbonyl (C=O) groups is 1. The molecule has 0 aliphatic carbocycles. The third-order valence-electron chi connectivity index (χ3n) is 3.71. The van der Waals surface area contributed by atoms with Gasteiger partial charge in [0.1, 0.15) is 0 Å². The van der Waals surface area contributed by atoms with Crippen molar-refractivity contribution in [2.75, 3.05) is 5.75 Å². The van der Waals surface area contributed by atoms with Gasteiger partial charge in [-0.15, -0.1) is 6.58 Å². The van der Waals surface area contributed by atoms with E-state index in [0.717, 1.165) is 0 Å². The highest BCUT2D eigenvalue weighted by atomic mass is 32.2. The number of aromatic carboxylic acids is 1. The normalized spacial score (nSPS) is 19.3.